The van der Waals surface area contributed by atoms with Gasteiger partial charge in [-0.25, -0.2) is 4.79 Å². The Morgan fingerprint density at radius 2 is 1.88 bits per heavy atom. The molecule has 5 heteroatoms. The smallest absolute Gasteiger partial charge is 0.355 e. The number of carbonyl (C=O) groups excluding carboxylic acids is 2. The number of ketones is 1. The molecule has 1 aromatic heterocycles. The van der Waals surface area contributed by atoms with Gasteiger partial charge in [-0.05, 0) is 56.4 Å². The number of rotatable bonds is 7. The molecule has 5 nitrogen and oxygen atoms in total. The number of aliphatic hydroxyl groups is 1. The minimum absolute atomic E-state index is 0.206. The van der Waals surface area contributed by atoms with E-state index in [4.69, 9.17) is 4.74 Å². The second kappa shape index (κ2) is 8.32. The SMILES string of the molecule is CCc1ccc(CC)c(C(=O)COC(=O)c2[nH]c(C)c([C@@H](C)O)c2C)c1. The van der Waals surface area contributed by atoms with Crippen molar-refractivity contribution < 1.29 is 19.4 Å². The normalized spacial score (nSPS) is 12.1. The van der Waals surface area contributed by atoms with Crippen LogP contribution >= 0.6 is 0 Å². The maximum Gasteiger partial charge on any atom is 0.355 e. The van der Waals surface area contributed by atoms with Gasteiger partial charge in [-0.1, -0.05) is 26.0 Å². The van der Waals surface area contributed by atoms with Crippen LogP contribution in [0.25, 0.3) is 0 Å². The summed E-state index contributed by atoms with van der Waals surface area (Å²) in [4.78, 5) is 27.9. The topological polar surface area (TPSA) is 79.4 Å². The van der Waals surface area contributed by atoms with E-state index in [2.05, 4.69) is 4.98 Å². The van der Waals surface area contributed by atoms with Gasteiger partial charge in [0, 0.05) is 16.8 Å². The minimum Gasteiger partial charge on any atom is -0.453 e. The highest BCUT2D eigenvalue weighted by Crippen LogP contribution is 2.25. The van der Waals surface area contributed by atoms with Crippen molar-refractivity contribution in [3.8, 4) is 0 Å². The molecule has 0 amide bonds. The van der Waals surface area contributed by atoms with E-state index in [1.807, 2.05) is 32.0 Å². The van der Waals surface area contributed by atoms with E-state index in [0.29, 0.717) is 16.7 Å². The lowest BCUT2D eigenvalue weighted by atomic mass is 9.98. The molecule has 0 radical (unpaired) electrons. The van der Waals surface area contributed by atoms with Crippen LogP contribution in [0.3, 0.4) is 0 Å². The lowest BCUT2D eigenvalue weighted by Crippen LogP contribution is -2.17. The van der Waals surface area contributed by atoms with Gasteiger partial charge in [-0.3, -0.25) is 4.79 Å². The fourth-order valence-corrected chi connectivity index (χ4v) is 3.29. The van der Waals surface area contributed by atoms with Crippen molar-refractivity contribution in [3.05, 3.63) is 57.4 Å². The predicted octanol–water partition coefficient (Wildman–Crippen LogP) is 3.85. The van der Waals surface area contributed by atoms with Crippen LogP contribution in [0.15, 0.2) is 18.2 Å². The van der Waals surface area contributed by atoms with E-state index < -0.39 is 12.1 Å². The molecule has 0 unspecified atom stereocenters. The van der Waals surface area contributed by atoms with Crippen LogP contribution in [-0.4, -0.2) is 28.4 Å². The Morgan fingerprint density at radius 3 is 2.42 bits per heavy atom. The van der Waals surface area contributed by atoms with Gasteiger partial charge in [-0.2, -0.15) is 0 Å². The maximum absolute atomic E-state index is 12.6. The molecular weight excluding hydrogens is 330 g/mol. The summed E-state index contributed by atoms with van der Waals surface area (Å²) < 4.78 is 5.24. The monoisotopic (exact) mass is 357 g/mol. The number of aliphatic hydroxyl groups excluding tert-OH is 1. The van der Waals surface area contributed by atoms with Gasteiger partial charge in [0.1, 0.15) is 5.69 Å². The highest BCUT2D eigenvalue weighted by molar-refractivity contribution is 6.00. The first-order valence-electron chi connectivity index (χ1n) is 8.99. The van der Waals surface area contributed by atoms with Crippen LogP contribution in [-0.2, 0) is 17.6 Å². The van der Waals surface area contributed by atoms with Crippen LogP contribution in [0, 0.1) is 13.8 Å². The summed E-state index contributed by atoms with van der Waals surface area (Å²) in [5, 5.41) is 9.83. The van der Waals surface area contributed by atoms with E-state index >= 15 is 0 Å². The third kappa shape index (κ3) is 4.05. The number of hydrogen-bond acceptors (Lipinski definition) is 4. The molecule has 0 aliphatic rings. The summed E-state index contributed by atoms with van der Waals surface area (Å²) in [5.41, 5.74) is 4.98. The highest BCUT2D eigenvalue weighted by Gasteiger charge is 2.22. The molecule has 1 aromatic carbocycles. The first-order chi connectivity index (χ1) is 12.3. The molecule has 1 heterocycles. The average Bonchev–Trinajstić information content (AvgIpc) is 2.93. The average molecular weight is 357 g/mol. The van der Waals surface area contributed by atoms with Crippen molar-refractivity contribution in [2.75, 3.05) is 6.61 Å². The van der Waals surface area contributed by atoms with Gasteiger partial charge in [0.05, 0.1) is 6.10 Å². The van der Waals surface area contributed by atoms with E-state index in [1.165, 1.54) is 0 Å². The molecule has 0 aliphatic heterocycles. The number of H-pyrrole nitrogens is 1. The fraction of sp³-hybridized carbons (Fsp3) is 0.429. The summed E-state index contributed by atoms with van der Waals surface area (Å²) in [7, 11) is 0. The predicted molar refractivity (Wildman–Crippen MR) is 101 cm³/mol. The zero-order chi connectivity index (χ0) is 19.4. The standard InChI is InChI=1S/C21H27NO4/c1-6-15-8-9-16(7-2)17(10-15)18(24)11-26-21(25)20-12(3)19(14(5)23)13(4)22-20/h8-10,14,22-23H,6-7,11H2,1-5H3/t14-/m1/s1. The molecule has 0 bridgehead atoms. The molecule has 2 rings (SSSR count). The quantitative estimate of drug-likeness (QED) is 0.583. The summed E-state index contributed by atoms with van der Waals surface area (Å²) in [6, 6.07) is 5.86. The van der Waals surface area contributed by atoms with Gasteiger partial charge < -0.3 is 14.8 Å². The molecule has 26 heavy (non-hydrogen) atoms. The number of esters is 1. The zero-order valence-corrected chi connectivity index (χ0v) is 16.1. The van der Waals surface area contributed by atoms with Crippen LogP contribution in [0.1, 0.15) is 75.7 Å². The minimum atomic E-state index is -0.682. The molecule has 0 spiro atoms. The second-order valence-electron chi connectivity index (χ2n) is 6.54. The number of benzene rings is 1. The van der Waals surface area contributed by atoms with Crippen molar-refractivity contribution >= 4 is 11.8 Å². The number of carbonyl (C=O) groups is 2. The summed E-state index contributed by atoms with van der Waals surface area (Å²) >= 11 is 0. The van der Waals surface area contributed by atoms with Gasteiger partial charge in [0.25, 0.3) is 0 Å². The molecule has 2 aromatic rings. The van der Waals surface area contributed by atoms with Crippen molar-refractivity contribution in [3.63, 3.8) is 0 Å². The van der Waals surface area contributed by atoms with Gasteiger partial charge >= 0.3 is 5.97 Å². The molecule has 0 saturated heterocycles. The van der Waals surface area contributed by atoms with Crippen molar-refractivity contribution in [2.24, 2.45) is 0 Å². The Morgan fingerprint density at radius 1 is 1.19 bits per heavy atom. The Bertz CT molecular complexity index is 818. The summed E-state index contributed by atoms with van der Waals surface area (Å²) in [6.45, 7) is 8.91. The van der Waals surface area contributed by atoms with Crippen LogP contribution in [0.2, 0.25) is 0 Å². The third-order valence-corrected chi connectivity index (χ3v) is 4.72. The third-order valence-electron chi connectivity index (χ3n) is 4.72. The van der Waals surface area contributed by atoms with E-state index in [-0.39, 0.29) is 18.1 Å². The molecule has 0 saturated carbocycles. The molecule has 0 aliphatic carbocycles. The molecule has 140 valence electrons. The lowest BCUT2D eigenvalue weighted by molar-refractivity contribution is 0.0468. The van der Waals surface area contributed by atoms with Gasteiger partial charge in [0.15, 0.2) is 6.61 Å². The Balaban J connectivity index is 2.15. The van der Waals surface area contributed by atoms with E-state index in [1.54, 1.807) is 20.8 Å². The number of aryl methyl sites for hydroxylation is 3. The molecule has 1 atom stereocenters. The van der Waals surface area contributed by atoms with Crippen molar-refractivity contribution in [1.29, 1.82) is 0 Å². The zero-order valence-electron chi connectivity index (χ0n) is 16.1. The first-order valence-corrected chi connectivity index (χ1v) is 8.99. The fourth-order valence-electron chi connectivity index (χ4n) is 3.29. The van der Waals surface area contributed by atoms with Gasteiger partial charge in [-0.15, -0.1) is 0 Å². The maximum atomic E-state index is 12.6. The Hall–Kier alpha value is -2.40. The number of aromatic amines is 1. The van der Waals surface area contributed by atoms with Crippen LogP contribution in [0.5, 0.6) is 0 Å². The highest BCUT2D eigenvalue weighted by atomic mass is 16.5. The second-order valence-corrected chi connectivity index (χ2v) is 6.54. The summed E-state index contributed by atoms with van der Waals surface area (Å²) in [6.07, 6.45) is 0.900. The first kappa shape index (κ1) is 19.9. The molecule has 2 N–H and O–H groups in total. The van der Waals surface area contributed by atoms with E-state index in [9.17, 15) is 14.7 Å². The van der Waals surface area contributed by atoms with Crippen molar-refractivity contribution in [1.82, 2.24) is 4.98 Å². The largest absolute Gasteiger partial charge is 0.453 e. The number of nitrogens with one attached hydrogen (secondary N) is 1. The van der Waals surface area contributed by atoms with Crippen LogP contribution in [0.4, 0.5) is 0 Å². The van der Waals surface area contributed by atoms with Gasteiger partial charge in [0.2, 0.25) is 5.78 Å². The Kier molecular flexibility index (Phi) is 6.37. The Labute approximate surface area is 154 Å². The van der Waals surface area contributed by atoms with Crippen LogP contribution < -0.4 is 0 Å². The number of ether oxygens (including phenoxy) is 1. The van der Waals surface area contributed by atoms with E-state index in [0.717, 1.165) is 29.7 Å². The number of aromatic nitrogens is 1. The molecule has 0 fully saturated rings. The summed E-state index contributed by atoms with van der Waals surface area (Å²) in [5.74, 6) is -0.794. The lowest BCUT2D eigenvalue weighted by Gasteiger charge is -2.10. The number of hydrogen-bond donors (Lipinski definition) is 2. The van der Waals surface area contributed by atoms with Crippen molar-refractivity contribution in [2.45, 2.75) is 53.6 Å². The number of Topliss-reactive ketones (excluding diaryl/α,β-unsaturated/α-hetero) is 1. The molecular formula is C21H27NO4.